The molecular weight excluding hydrogens is 226 g/mol. The van der Waals surface area contributed by atoms with E-state index in [0.717, 1.165) is 37.9 Å². The van der Waals surface area contributed by atoms with Crippen LogP contribution >= 0.6 is 0 Å². The molecule has 0 aliphatic heterocycles. The summed E-state index contributed by atoms with van der Waals surface area (Å²) in [4.78, 5) is 0. The zero-order valence-electron chi connectivity index (χ0n) is 12.2. The molecule has 0 spiro atoms. The maximum atomic E-state index is 9.81. The number of aliphatic hydroxyl groups is 1. The summed E-state index contributed by atoms with van der Waals surface area (Å²) in [6, 6.07) is 0. The molecule has 18 heavy (non-hydrogen) atoms. The molecule has 0 amide bonds. The van der Waals surface area contributed by atoms with Crippen molar-refractivity contribution < 1.29 is 5.11 Å². The molecule has 0 aliphatic carbocycles. The van der Waals surface area contributed by atoms with E-state index in [2.05, 4.69) is 30.6 Å². The molecule has 0 saturated heterocycles. The molecule has 4 heteroatoms. The Labute approximate surface area is 110 Å². The molecule has 1 rings (SSSR count). The predicted octanol–water partition coefficient (Wildman–Crippen LogP) is 1.94. The first-order chi connectivity index (χ1) is 8.41. The normalized spacial score (nSPS) is 14.8. The van der Waals surface area contributed by atoms with Gasteiger partial charge in [-0.25, -0.2) is 0 Å². The Morgan fingerprint density at radius 2 is 2.00 bits per heavy atom. The fourth-order valence-corrected chi connectivity index (χ4v) is 2.33. The lowest BCUT2D eigenvalue weighted by molar-refractivity contribution is 0.0569. The summed E-state index contributed by atoms with van der Waals surface area (Å²) in [5.41, 5.74) is 8.56. The van der Waals surface area contributed by atoms with Gasteiger partial charge in [-0.1, -0.05) is 6.92 Å². The minimum Gasteiger partial charge on any atom is -0.389 e. The van der Waals surface area contributed by atoms with E-state index < -0.39 is 5.60 Å². The average Bonchev–Trinajstić information content (AvgIpc) is 2.60. The summed E-state index contributed by atoms with van der Waals surface area (Å²) in [7, 11) is 0. The van der Waals surface area contributed by atoms with Gasteiger partial charge in [0.1, 0.15) is 0 Å². The number of unbranched alkanes of at least 4 members (excludes halogenated alkanes) is 1. The lowest BCUT2D eigenvalue weighted by atomic mass is 9.99. The SMILES string of the molecule is CCc1c(C)nn(CCCCC(C)(O)CN)c1C. The van der Waals surface area contributed by atoms with Crippen LogP contribution in [0.4, 0.5) is 0 Å². The van der Waals surface area contributed by atoms with Crippen LogP contribution in [0.15, 0.2) is 0 Å². The molecule has 1 unspecified atom stereocenters. The molecule has 1 aromatic rings. The van der Waals surface area contributed by atoms with Crippen LogP contribution in [-0.2, 0) is 13.0 Å². The maximum absolute atomic E-state index is 9.81. The van der Waals surface area contributed by atoms with Gasteiger partial charge in [0.05, 0.1) is 11.3 Å². The van der Waals surface area contributed by atoms with Gasteiger partial charge in [0.15, 0.2) is 0 Å². The highest BCUT2D eigenvalue weighted by Crippen LogP contribution is 2.16. The molecule has 0 aromatic carbocycles. The molecule has 0 saturated carbocycles. The van der Waals surface area contributed by atoms with E-state index in [1.807, 2.05) is 0 Å². The van der Waals surface area contributed by atoms with Crippen LogP contribution in [0.5, 0.6) is 0 Å². The molecule has 0 radical (unpaired) electrons. The second-order valence-corrected chi connectivity index (χ2v) is 5.38. The Balaban J connectivity index is 2.45. The van der Waals surface area contributed by atoms with Crippen molar-refractivity contribution in [2.75, 3.05) is 6.54 Å². The van der Waals surface area contributed by atoms with Crippen molar-refractivity contribution in [2.45, 2.75) is 65.5 Å². The second kappa shape index (κ2) is 6.34. The summed E-state index contributed by atoms with van der Waals surface area (Å²) in [5.74, 6) is 0. The lowest BCUT2D eigenvalue weighted by Crippen LogP contribution is -2.33. The number of aryl methyl sites for hydroxylation is 2. The Hall–Kier alpha value is -0.870. The minimum absolute atomic E-state index is 0.326. The van der Waals surface area contributed by atoms with Gasteiger partial charge < -0.3 is 10.8 Å². The Kier molecular flexibility index (Phi) is 5.35. The number of nitrogens with zero attached hydrogens (tertiary/aromatic N) is 2. The second-order valence-electron chi connectivity index (χ2n) is 5.38. The Morgan fingerprint density at radius 3 is 2.50 bits per heavy atom. The van der Waals surface area contributed by atoms with Gasteiger partial charge in [-0.15, -0.1) is 0 Å². The molecule has 104 valence electrons. The first-order valence-corrected chi connectivity index (χ1v) is 6.86. The zero-order chi connectivity index (χ0) is 13.8. The first-order valence-electron chi connectivity index (χ1n) is 6.86. The van der Waals surface area contributed by atoms with Gasteiger partial charge in [-0.3, -0.25) is 4.68 Å². The van der Waals surface area contributed by atoms with Crippen molar-refractivity contribution in [2.24, 2.45) is 5.73 Å². The molecule has 0 bridgehead atoms. The minimum atomic E-state index is -0.719. The van der Waals surface area contributed by atoms with Gasteiger partial charge in [-0.05, 0) is 52.0 Å². The van der Waals surface area contributed by atoms with E-state index in [0.29, 0.717) is 6.54 Å². The van der Waals surface area contributed by atoms with Crippen molar-refractivity contribution in [1.82, 2.24) is 9.78 Å². The molecule has 3 N–H and O–H groups in total. The van der Waals surface area contributed by atoms with E-state index in [1.54, 1.807) is 6.92 Å². The number of hydrogen-bond donors (Lipinski definition) is 2. The molecule has 0 fully saturated rings. The quantitative estimate of drug-likeness (QED) is 0.730. The summed E-state index contributed by atoms with van der Waals surface area (Å²) in [5, 5.41) is 14.4. The molecule has 4 nitrogen and oxygen atoms in total. The van der Waals surface area contributed by atoms with Crippen LogP contribution in [0.1, 0.15) is 50.1 Å². The Bertz CT molecular complexity index is 383. The standard InChI is InChI=1S/C14H27N3O/c1-5-13-11(2)16-17(12(13)3)9-7-6-8-14(4,18)10-15/h18H,5-10,15H2,1-4H3. The van der Waals surface area contributed by atoms with Crippen LogP contribution in [0, 0.1) is 13.8 Å². The van der Waals surface area contributed by atoms with Crippen molar-refractivity contribution in [3.05, 3.63) is 17.0 Å². The highest BCUT2D eigenvalue weighted by molar-refractivity contribution is 5.24. The molecule has 1 heterocycles. The van der Waals surface area contributed by atoms with Gasteiger partial charge >= 0.3 is 0 Å². The maximum Gasteiger partial charge on any atom is 0.0741 e. The molecule has 0 aliphatic rings. The van der Waals surface area contributed by atoms with E-state index in [9.17, 15) is 5.11 Å². The molecule has 1 aromatic heterocycles. The highest BCUT2D eigenvalue weighted by atomic mass is 16.3. The van der Waals surface area contributed by atoms with Crippen molar-refractivity contribution >= 4 is 0 Å². The van der Waals surface area contributed by atoms with E-state index in [1.165, 1.54) is 11.3 Å². The van der Waals surface area contributed by atoms with Gasteiger partial charge in [-0.2, -0.15) is 5.10 Å². The van der Waals surface area contributed by atoms with Crippen LogP contribution in [0.2, 0.25) is 0 Å². The van der Waals surface area contributed by atoms with E-state index in [4.69, 9.17) is 5.73 Å². The third kappa shape index (κ3) is 3.82. The van der Waals surface area contributed by atoms with Crippen LogP contribution < -0.4 is 5.73 Å². The first kappa shape index (κ1) is 15.2. The summed E-state index contributed by atoms with van der Waals surface area (Å²) in [6.07, 6.45) is 3.80. The van der Waals surface area contributed by atoms with E-state index >= 15 is 0 Å². The predicted molar refractivity (Wildman–Crippen MR) is 74.6 cm³/mol. The summed E-state index contributed by atoms with van der Waals surface area (Å²) in [6.45, 7) is 9.42. The highest BCUT2D eigenvalue weighted by Gasteiger charge is 2.17. The topological polar surface area (TPSA) is 64.1 Å². The largest absolute Gasteiger partial charge is 0.389 e. The van der Waals surface area contributed by atoms with Crippen molar-refractivity contribution in [3.8, 4) is 0 Å². The smallest absolute Gasteiger partial charge is 0.0741 e. The number of nitrogens with two attached hydrogens (primary N) is 1. The van der Waals surface area contributed by atoms with Crippen molar-refractivity contribution in [1.29, 1.82) is 0 Å². The fourth-order valence-electron chi connectivity index (χ4n) is 2.33. The van der Waals surface area contributed by atoms with Gasteiger partial charge in [0, 0.05) is 18.8 Å². The fraction of sp³-hybridized carbons (Fsp3) is 0.786. The molecular formula is C14H27N3O. The number of aromatic nitrogens is 2. The average molecular weight is 253 g/mol. The summed E-state index contributed by atoms with van der Waals surface area (Å²) >= 11 is 0. The zero-order valence-corrected chi connectivity index (χ0v) is 12.2. The van der Waals surface area contributed by atoms with Crippen LogP contribution in [0.25, 0.3) is 0 Å². The summed E-state index contributed by atoms with van der Waals surface area (Å²) < 4.78 is 2.09. The van der Waals surface area contributed by atoms with Crippen molar-refractivity contribution in [3.63, 3.8) is 0 Å². The lowest BCUT2D eigenvalue weighted by Gasteiger charge is -2.20. The Morgan fingerprint density at radius 1 is 1.33 bits per heavy atom. The number of rotatable bonds is 7. The molecule has 1 atom stereocenters. The third-order valence-electron chi connectivity index (χ3n) is 3.66. The van der Waals surface area contributed by atoms with Crippen LogP contribution in [0.3, 0.4) is 0 Å². The van der Waals surface area contributed by atoms with Gasteiger partial charge in [0.2, 0.25) is 0 Å². The number of hydrogen-bond acceptors (Lipinski definition) is 3. The van der Waals surface area contributed by atoms with Gasteiger partial charge in [0.25, 0.3) is 0 Å². The monoisotopic (exact) mass is 253 g/mol. The van der Waals surface area contributed by atoms with E-state index in [-0.39, 0.29) is 0 Å². The third-order valence-corrected chi connectivity index (χ3v) is 3.66. The van der Waals surface area contributed by atoms with Crippen LogP contribution in [-0.4, -0.2) is 27.0 Å².